The molecule has 0 unspecified atom stereocenters. The van der Waals surface area contributed by atoms with E-state index in [0.29, 0.717) is 29.1 Å². The van der Waals surface area contributed by atoms with E-state index in [1.54, 1.807) is 13.8 Å². The molecule has 0 N–H and O–H groups in total. The maximum atomic E-state index is 11.3. The average molecular weight is 261 g/mol. The van der Waals surface area contributed by atoms with Crippen LogP contribution in [0, 0.1) is 0 Å². The highest BCUT2D eigenvalue weighted by atomic mass is 32.2. The molecule has 90 valence electrons. The van der Waals surface area contributed by atoms with Crippen LogP contribution in [0.2, 0.25) is 0 Å². The lowest BCUT2D eigenvalue weighted by atomic mass is 10.1. The lowest BCUT2D eigenvalue weighted by Crippen LogP contribution is -2.25. The lowest BCUT2D eigenvalue weighted by molar-refractivity contribution is -0.137. The van der Waals surface area contributed by atoms with E-state index in [1.807, 2.05) is 6.92 Å². The van der Waals surface area contributed by atoms with Gasteiger partial charge in [-0.2, -0.15) is 0 Å². The SMILES string of the molecule is CCOC(=S)SCCC1=NC(C)(C)C(=O)O1. The van der Waals surface area contributed by atoms with Gasteiger partial charge in [0.25, 0.3) is 0 Å². The predicted molar refractivity (Wildman–Crippen MR) is 68.9 cm³/mol. The van der Waals surface area contributed by atoms with E-state index in [4.69, 9.17) is 21.7 Å². The number of hydrogen-bond acceptors (Lipinski definition) is 6. The number of rotatable bonds is 4. The summed E-state index contributed by atoms with van der Waals surface area (Å²) in [6.07, 6.45) is 0.590. The van der Waals surface area contributed by atoms with Crippen LogP contribution in [0.3, 0.4) is 0 Å². The molecule has 0 aromatic rings. The van der Waals surface area contributed by atoms with E-state index >= 15 is 0 Å². The van der Waals surface area contributed by atoms with E-state index < -0.39 is 5.54 Å². The third-order valence-corrected chi connectivity index (χ3v) is 3.15. The first kappa shape index (κ1) is 13.4. The van der Waals surface area contributed by atoms with Crippen molar-refractivity contribution in [3.63, 3.8) is 0 Å². The second-order valence-electron chi connectivity index (χ2n) is 3.74. The van der Waals surface area contributed by atoms with Crippen molar-refractivity contribution < 1.29 is 14.3 Å². The van der Waals surface area contributed by atoms with Gasteiger partial charge in [-0.05, 0) is 33.0 Å². The van der Waals surface area contributed by atoms with Gasteiger partial charge in [-0.1, -0.05) is 11.8 Å². The van der Waals surface area contributed by atoms with Gasteiger partial charge < -0.3 is 9.47 Å². The van der Waals surface area contributed by atoms with Crippen LogP contribution in [0.15, 0.2) is 4.99 Å². The molecule has 0 atom stereocenters. The van der Waals surface area contributed by atoms with Crippen LogP contribution in [0.1, 0.15) is 27.2 Å². The van der Waals surface area contributed by atoms with Gasteiger partial charge in [0.05, 0.1) is 6.61 Å². The van der Waals surface area contributed by atoms with E-state index in [1.165, 1.54) is 11.8 Å². The van der Waals surface area contributed by atoms with Crippen LogP contribution in [-0.2, 0) is 14.3 Å². The summed E-state index contributed by atoms with van der Waals surface area (Å²) in [4.78, 5) is 15.5. The Balaban J connectivity index is 2.30. The molecule has 4 nitrogen and oxygen atoms in total. The first-order valence-electron chi connectivity index (χ1n) is 5.06. The Labute approximate surface area is 105 Å². The Bertz CT molecular complexity index is 326. The monoisotopic (exact) mass is 261 g/mol. The van der Waals surface area contributed by atoms with Crippen molar-refractivity contribution in [1.29, 1.82) is 0 Å². The van der Waals surface area contributed by atoms with Crippen LogP contribution < -0.4 is 0 Å². The molecule has 16 heavy (non-hydrogen) atoms. The van der Waals surface area contributed by atoms with Gasteiger partial charge in [0, 0.05) is 12.2 Å². The molecule has 1 aliphatic heterocycles. The fraction of sp³-hybridized carbons (Fsp3) is 0.700. The summed E-state index contributed by atoms with van der Waals surface area (Å²) < 4.78 is 10.7. The molecule has 0 saturated heterocycles. The van der Waals surface area contributed by atoms with Crippen LogP contribution in [0.4, 0.5) is 0 Å². The number of thioether (sulfide) groups is 1. The van der Waals surface area contributed by atoms with Crippen molar-refractivity contribution in [2.75, 3.05) is 12.4 Å². The predicted octanol–water partition coefficient (Wildman–Crippen LogP) is 2.17. The number of hydrogen-bond donors (Lipinski definition) is 0. The van der Waals surface area contributed by atoms with Crippen LogP contribution in [0.25, 0.3) is 0 Å². The molecule has 0 fully saturated rings. The highest BCUT2D eigenvalue weighted by molar-refractivity contribution is 8.22. The van der Waals surface area contributed by atoms with Gasteiger partial charge >= 0.3 is 5.97 Å². The number of nitrogens with zero attached hydrogens (tertiary/aromatic N) is 1. The molecular weight excluding hydrogens is 246 g/mol. The highest BCUT2D eigenvalue weighted by Gasteiger charge is 2.36. The molecular formula is C10H15NO3S2. The van der Waals surface area contributed by atoms with Crippen molar-refractivity contribution in [2.45, 2.75) is 32.7 Å². The summed E-state index contributed by atoms with van der Waals surface area (Å²) in [5, 5.41) is 0. The minimum atomic E-state index is -0.736. The Kier molecular flexibility index (Phi) is 4.73. The van der Waals surface area contributed by atoms with Gasteiger partial charge in [0.1, 0.15) is 0 Å². The molecule has 0 saturated carbocycles. The minimum Gasteiger partial charge on any atom is -0.479 e. The first-order chi connectivity index (χ1) is 7.45. The van der Waals surface area contributed by atoms with Crippen molar-refractivity contribution in [1.82, 2.24) is 0 Å². The summed E-state index contributed by atoms with van der Waals surface area (Å²) in [6.45, 7) is 5.94. The second-order valence-corrected chi connectivity index (χ2v) is 5.43. The number of thiocarbonyl (C=S) groups is 1. The smallest absolute Gasteiger partial charge is 0.340 e. The molecule has 0 amide bonds. The summed E-state index contributed by atoms with van der Waals surface area (Å²) in [6, 6.07) is 0. The summed E-state index contributed by atoms with van der Waals surface area (Å²) in [7, 11) is 0. The van der Waals surface area contributed by atoms with Crippen LogP contribution in [-0.4, -0.2) is 34.1 Å². The van der Waals surface area contributed by atoms with Crippen molar-refractivity contribution in [3.05, 3.63) is 0 Å². The van der Waals surface area contributed by atoms with Gasteiger partial charge in [-0.25, -0.2) is 9.79 Å². The quantitative estimate of drug-likeness (QED) is 0.573. The maximum absolute atomic E-state index is 11.3. The van der Waals surface area contributed by atoms with Crippen molar-refractivity contribution in [3.8, 4) is 0 Å². The van der Waals surface area contributed by atoms with E-state index in [-0.39, 0.29) is 5.97 Å². The summed E-state index contributed by atoms with van der Waals surface area (Å²) >= 11 is 6.38. The number of aliphatic imine (C=N–C) groups is 1. The zero-order valence-corrected chi connectivity index (χ0v) is 11.2. The molecule has 0 aromatic carbocycles. The maximum Gasteiger partial charge on any atom is 0.340 e. The van der Waals surface area contributed by atoms with Crippen LogP contribution in [0.5, 0.6) is 0 Å². The fourth-order valence-electron chi connectivity index (χ4n) is 1.10. The first-order valence-corrected chi connectivity index (χ1v) is 6.45. The topological polar surface area (TPSA) is 47.9 Å². The standard InChI is InChI=1S/C10H15NO3S2/c1-4-13-9(15)16-6-5-7-11-10(2,3)8(12)14-7/h4-6H2,1-3H3. The summed E-state index contributed by atoms with van der Waals surface area (Å²) in [5.41, 5.74) is -0.736. The van der Waals surface area contributed by atoms with Crippen LogP contribution >= 0.6 is 24.0 Å². The number of esters is 1. The zero-order chi connectivity index (χ0) is 12.2. The minimum absolute atomic E-state index is 0.292. The van der Waals surface area contributed by atoms with Gasteiger partial charge in [0.2, 0.25) is 4.38 Å². The molecule has 0 bridgehead atoms. The molecule has 1 rings (SSSR count). The Morgan fingerprint density at radius 2 is 2.31 bits per heavy atom. The Morgan fingerprint density at radius 3 is 2.81 bits per heavy atom. The zero-order valence-electron chi connectivity index (χ0n) is 9.61. The number of cyclic esters (lactones) is 1. The normalized spacial score (nSPS) is 17.9. The van der Waals surface area contributed by atoms with Gasteiger partial charge in [0.15, 0.2) is 11.4 Å². The molecule has 6 heteroatoms. The van der Waals surface area contributed by atoms with Gasteiger partial charge in [-0.15, -0.1) is 0 Å². The molecule has 1 heterocycles. The third-order valence-electron chi connectivity index (χ3n) is 1.91. The fourth-order valence-corrected chi connectivity index (χ4v) is 2.11. The summed E-state index contributed by atoms with van der Waals surface area (Å²) in [5.74, 6) is 0.905. The molecule has 0 aromatic heterocycles. The third kappa shape index (κ3) is 3.75. The number of carbonyl (C=O) groups is 1. The van der Waals surface area contributed by atoms with E-state index in [2.05, 4.69) is 4.99 Å². The largest absolute Gasteiger partial charge is 0.479 e. The Hall–Kier alpha value is -0.620. The molecule has 1 aliphatic rings. The van der Waals surface area contributed by atoms with Crippen molar-refractivity contribution >= 4 is 40.2 Å². The van der Waals surface area contributed by atoms with Gasteiger partial charge in [-0.3, -0.25) is 0 Å². The van der Waals surface area contributed by atoms with E-state index in [9.17, 15) is 4.79 Å². The molecule has 0 aliphatic carbocycles. The Morgan fingerprint density at radius 1 is 1.62 bits per heavy atom. The number of ether oxygens (including phenoxy) is 2. The molecule has 0 radical (unpaired) electrons. The highest BCUT2D eigenvalue weighted by Crippen LogP contribution is 2.21. The van der Waals surface area contributed by atoms with Crippen molar-refractivity contribution in [2.24, 2.45) is 4.99 Å². The molecule has 0 spiro atoms. The second kappa shape index (κ2) is 5.63. The van der Waals surface area contributed by atoms with E-state index in [0.717, 1.165) is 0 Å². The number of carbonyl (C=O) groups excluding carboxylic acids is 1. The lowest BCUT2D eigenvalue weighted by Gasteiger charge is -2.05. The average Bonchev–Trinajstić information content (AvgIpc) is 2.41.